The molecule has 0 atom stereocenters. The molecule has 1 rings (SSSR count). The fraction of sp³-hybridized carbons (Fsp3) is 0.500. The molecule has 0 fully saturated rings. The molecule has 0 aliphatic rings. The van der Waals surface area contributed by atoms with Gasteiger partial charge in [-0.25, -0.2) is 4.79 Å². The molecule has 112 valence electrons. The number of carbonyl (C=O) groups is 1. The Balaban J connectivity index is 2.20. The van der Waals surface area contributed by atoms with Crippen LogP contribution in [-0.4, -0.2) is 58.4 Å². The third kappa shape index (κ3) is 6.40. The summed E-state index contributed by atoms with van der Waals surface area (Å²) < 4.78 is 10.5. The number of nitrogens with zero attached hydrogens (tertiary/aromatic N) is 1. The Kier molecular flexibility index (Phi) is 7.46. The Labute approximate surface area is 120 Å². The zero-order valence-corrected chi connectivity index (χ0v) is 12.3. The Morgan fingerprint density at radius 3 is 2.70 bits per heavy atom. The van der Waals surface area contributed by atoms with Gasteiger partial charge in [-0.3, -0.25) is 0 Å². The third-order valence-corrected chi connectivity index (χ3v) is 2.57. The largest absolute Gasteiger partial charge is 0.495 e. The Morgan fingerprint density at radius 2 is 2.00 bits per heavy atom. The molecule has 0 saturated heterocycles. The highest BCUT2D eigenvalue weighted by atomic mass is 16.5. The van der Waals surface area contributed by atoms with Gasteiger partial charge < -0.3 is 25.0 Å². The number of ether oxygens (including phenoxy) is 2. The molecule has 1 aromatic rings. The number of carbonyl (C=O) groups excluding carboxylic acids is 1. The molecule has 0 heterocycles. The summed E-state index contributed by atoms with van der Waals surface area (Å²) in [5, 5.41) is 5.46. The van der Waals surface area contributed by atoms with Crippen LogP contribution in [0.2, 0.25) is 0 Å². The van der Waals surface area contributed by atoms with E-state index in [0.29, 0.717) is 31.2 Å². The van der Waals surface area contributed by atoms with Gasteiger partial charge in [-0.1, -0.05) is 12.1 Å². The van der Waals surface area contributed by atoms with E-state index in [4.69, 9.17) is 9.47 Å². The van der Waals surface area contributed by atoms with Gasteiger partial charge in [0, 0.05) is 13.1 Å². The Morgan fingerprint density at radius 1 is 1.25 bits per heavy atom. The number of hydrogen-bond donors (Lipinski definition) is 2. The van der Waals surface area contributed by atoms with Gasteiger partial charge in [-0.2, -0.15) is 0 Å². The zero-order valence-electron chi connectivity index (χ0n) is 12.3. The highest BCUT2D eigenvalue weighted by molar-refractivity contribution is 5.90. The predicted octanol–water partition coefficient (Wildman–Crippen LogP) is 1.39. The standard InChI is InChI=1S/C14H23N3O3/c1-17(2)9-11-20-10-8-15-14(18)16-12-6-4-5-7-13(12)19-3/h4-7H,8-11H2,1-3H3,(H2,15,16,18). The zero-order chi connectivity index (χ0) is 14.8. The first-order valence-electron chi connectivity index (χ1n) is 6.54. The quantitative estimate of drug-likeness (QED) is 0.707. The Bertz CT molecular complexity index is 410. The number of urea groups is 1. The van der Waals surface area contributed by atoms with E-state index >= 15 is 0 Å². The summed E-state index contributed by atoms with van der Waals surface area (Å²) >= 11 is 0. The maximum Gasteiger partial charge on any atom is 0.319 e. The van der Waals surface area contributed by atoms with Crippen molar-refractivity contribution in [2.75, 3.05) is 52.8 Å². The molecular weight excluding hydrogens is 258 g/mol. The minimum absolute atomic E-state index is 0.272. The first-order valence-corrected chi connectivity index (χ1v) is 6.54. The van der Waals surface area contributed by atoms with Crippen LogP contribution in [0.25, 0.3) is 0 Å². The summed E-state index contributed by atoms with van der Waals surface area (Å²) in [4.78, 5) is 13.7. The van der Waals surface area contributed by atoms with Crippen LogP contribution < -0.4 is 15.4 Å². The van der Waals surface area contributed by atoms with E-state index in [1.165, 1.54) is 0 Å². The van der Waals surface area contributed by atoms with Crippen LogP contribution in [0.5, 0.6) is 5.75 Å². The second-order valence-corrected chi connectivity index (χ2v) is 4.50. The number of nitrogens with one attached hydrogen (secondary N) is 2. The molecule has 0 saturated carbocycles. The molecule has 2 N–H and O–H groups in total. The van der Waals surface area contributed by atoms with E-state index in [0.717, 1.165) is 6.54 Å². The van der Waals surface area contributed by atoms with Crippen LogP contribution >= 0.6 is 0 Å². The van der Waals surface area contributed by atoms with Crippen molar-refractivity contribution >= 4 is 11.7 Å². The summed E-state index contributed by atoms with van der Waals surface area (Å²) in [6.07, 6.45) is 0. The van der Waals surface area contributed by atoms with Crippen molar-refractivity contribution in [1.82, 2.24) is 10.2 Å². The molecule has 0 aliphatic carbocycles. The Hall–Kier alpha value is -1.79. The van der Waals surface area contributed by atoms with Gasteiger partial charge >= 0.3 is 6.03 Å². The van der Waals surface area contributed by atoms with Crippen molar-refractivity contribution in [1.29, 1.82) is 0 Å². The minimum Gasteiger partial charge on any atom is -0.495 e. The summed E-state index contributed by atoms with van der Waals surface area (Å²) in [7, 11) is 5.54. The second kappa shape index (κ2) is 9.17. The number of benzene rings is 1. The van der Waals surface area contributed by atoms with Crippen LogP contribution in [0.4, 0.5) is 10.5 Å². The third-order valence-electron chi connectivity index (χ3n) is 2.57. The van der Waals surface area contributed by atoms with Gasteiger partial charge in [-0.05, 0) is 26.2 Å². The van der Waals surface area contributed by atoms with Gasteiger partial charge in [-0.15, -0.1) is 0 Å². The molecule has 0 bridgehead atoms. The highest BCUT2D eigenvalue weighted by Gasteiger charge is 2.05. The molecule has 6 heteroatoms. The lowest BCUT2D eigenvalue weighted by molar-refractivity contribution is 0.120. The molecule has 0 aliphatic heterocycles. The molecule has 1 aromatic carbocycles. The smallest absolute Gasteiger partial charge is 0.319 e. The number of methoxy groups -OCH3 is 1. The van der Waals surface area contributed by atoms with E-state index in [1.807, 2.05) is 31.1 Å². The summed E-state index contributed by atoms with van der Waals surface area (Å²) in [5.74, 6) is 0.630. The van der Waals surface area contributed by atoms with Crippen LogP contribution in [0, 0.1) is 0 Å². The van der Waals surface area contributed by atoms with Crippen LogP contribution in [-0.2, 0) is 4.74 Å². The van der Waals surface area contributed by atoms with Crippen LogP contribution in [0.3, 0.4) is 0 Å². The lowest BCUT2D eigenvalue weighted by atomic mass is 10.3. The number of hydrogen-bond acceptors (Lipinski definition) is 4. The molecule has 0 spiro atoms. The summed E-state index contributed by atoms with van der Waals surface area (Å²) in [6.45, 7) is 2.48. The van der Waals surface area contributed by atoms with E-state index in [2.05, 4.69) is 10.6 Å². The second-order valence-electron chi connectivity index (χ2n) is 4.50. The predicted molar refractivity (Wildman–Crippen MR) is 79.4 cm³/mol. The normalized spacial score (nSPS) is 10.4. The SMILES string of the molecule is COc1ccccc1NC(=O)NCCOCCN(C)C. The van der Waals surface area contributed by atoms with E-state index in [-0.39, 0.29) is 6.03 Å². The average molecular weight is 281 g/mol. The van der Waals surface area contributed by atoms with Crippen molar-refractivity contribution in [3.8, 4) is 5.75 Å². The molecular formula is C14H23N3O3. The molecule has 0 radical (unpaired) electrons. The monoisotopic (exact) mass is 281 g/mol. The minimum atomic E-state index is -0.272. The molecule has 0 aromatic heterocycles. The maximum atomic E-state index is 11.7. The average Bonchev–Trinajstić information content (AvgIpc) is 2.43. The van der Waals surface area contributed by atoms with Gasteiger partial charge in [0.1, 0.15) is 5.75 Å². The first-order chi connectivity index (χ1) is 9.63. The summed E-state index contributed by atoms with van der Waals surface area (Å²) in [5.41, 5.74) is 0.640. The van der Waals surface area contributed by atoms with Crippen LogP contribution in [0.1, 0.15) is 0 Å². The van der Waals surface area contributed by atoms with Crippen molar-refractivity contribution in [3.63, 3.8) is 0 Å². The fourth-order valence-corrected chi connectivity index (χ4v) is 1.50. The van der Waals surface area contributed by atoms with Gasteiger partial charge in [0.2, 0.25) is 0 Å². The number of likely N-dealkylation sites (N-methyl/N-ethyl adjacent to an activating group) is 1. The number of rotatable bonds is 8. The van der Waals surface area contributed by atoms with E-state index in [9.17, 15) is 4.79 Å². The molecule has 2 amide bonds. The van der Waals surface area contributed by atoms with Gasteiger partial charge in [0.25, 0.3) is 0 Å². The number of para-hydroxylation sites is 2. The van der Waals surface area contributed by atoms with Crippen molar-refractivity contribution in [3.05, 3.63) is 24.3 Å². The van der Waals surface area contributed by atoms with Crippen molar-refractivity contribution < 1.29 is 14.3 Å². The number of anilines is 1. The molecule has 6 nitrogen and oxygen atoms in total. The van der Waals surface area contributed by atoms with E-state index < -0.39 is 0 Å². The van der Waals surface area contributed by atoms with Crippen LogP contribution in [0.15, 0.2) is 24.3 Å². The van der Waals surface area contributed by atoms with Gasteiger partial charge in [0.05, 0.1) is 26.0 Å². The fourth-order valence-electron chi connectivity index (χ4n) is 1.50. The maximum absolute atomic E-state index is 11.7. The van der Waals surface area contributed by atoms with Crippen molar-refractivity contribution in [2.45, 2.75) is 0 Å². The number of amides is 2. The first kappa shape index (κ1) is 16.3. The highest BCUT2D eigenvalue weighted by Crippen LogP contribution is 2.22. The lowest BCUT2D eigenvalue weighted by Crippen LogP contribution is -2.32. The lowest BCUT2D eigenvalue weighted by Gasteiger charge is -2.12. The topological polar surface area (TPSA) is 62.8 Å². The summed E-state index contributed by atoms with van der Waals surface area (Å²) in [6, 6.07) is 6.99. The molecule has 20 heavy (non-hydrogen) atoms. The van der Waals surface area contributed by atoms with E-state index in [1.54, 1.807) is 19.2 Å². The van der Waals surface area contributed by atoms with Gasteiger partial charge in [0.15, 0.2) is 0 Å². The van der Waals surface area contributed by atoms with Crippen molar-refractivity contribution in [2.24, 2.45) is 0 Å². The molecule has 0 unspecified atom stereocenters.